The van der Waals surface area contributed by atoms with Crippen molar-refractivity contribution in [1.29, 1.82) is 0 Å². The van der Waals surface area contributed by atoms with Gasteiger partial charge in [-0.1, -0.05) is 11.3 Å². The molecule has 1 N–H and O–H groups in total. The highest BCUT2D eigenvalue weighted by atomic mass is 32.1. The second-order valence-corrected chi connectivity index (χ2v) is 8.59. The quantitative estimate of drug-likeness (QED) is 0.462. The summed E-state index contributed by atoms with van der Waals surface area (Å²) < 4.78 is 3.19. The molecule has 25 heavy (non-hydrogen) atoms. The molecule has 0 fully saturated rings. The van der Waals surface area contributed by atoms with E-state index in [9.17, 15) is 4.79 Å². The fourth-order valence-electron chi connectivity index (χ4n) is 2.70. The van der Waals surface area contributed by atoms with E-state index in [1.54, 1.807) is 22.9 Å². The second kappa shape index (κ2) is 5.55. The summed E-state index contributed by atoms with van der Waals surface area (Å²) in [4.78, 5) is 25.8. The lowest BCUT2D eigenvalue weighted by Crippen LogP contribution is -2.11. The molecule has 0 aliphatic rings. The topological polar surface area (TPSA) is 67.8 Å². The molecular formula is C17H10N4OS3. The molecule has 0 atom stereocenters. The fraction of sp³-hybridized carbons (Fsp3) is 0.0588. The summed E-state index contributed by atoms with van der Waals surface area (Å²) in [6, 6.07) is 9.44. The van der Waals surface area contributed by atoms with Crippen molar-refractivity contribution >= 4 is 75.7 Å². The van der Waals surface area contributed by atoms with Crippen LogP contribution in [0.5, 0.6) is 0 Å². The van der Waals surface area contributed by atoms with Crippen molar-refractivity contribution in [2.75, 3.05) is 5.32 Å². The van der Waals surface area contributed by atoms with Crippen LogP contribution < -0.4 is 5.32 Å². The van der Waals surface area contributed by atoms with E-state index in [4.69, 9.17) is 0 Å². The minimum atomic E-state index is -0.161. The predicted octanol–water partition coefficient (Wildman–Crippen LogP) is 5.08. The average Bonchev–Trinajstić information content (AvgIpc) is 3.29. The van der Waals surface area contributed by atoms with E-state index in [2.05, 4.69) is 20.3 Å². The number of aryl methyl sites for hydroxylation is 1. The molecule has 0 unspecified atom stereocenters. The fourth-order valence-corrected chi connectivity index (χ4v) is 5.42. The van der Waals surface area contributed by atoms with Crippen LogP contribution in [0.4, 0.5) is 5.13 Å². The van der Waals surface area contributed by atoms with Gasteiger partial charge < -0.3 is 0 Å². The number of rotatable bonds is 2. The molecule has 3 heterocycles. The van der Waals surface area contributed by atoms with Gasteiger partial charge in [-0.2, -0.15) is 0 Å². The van der Waals surface area contributed by atoms with Crippen LogP contribution in [0.25, 0.3) is 30.6 Å². The van der Waals surface area contributed by atoms with Gasteiger partial charge in [0.05, 0.1) is 41.2 Å². The minimum absolute atomic E-state index is 0.161. The monoisotopic (exact) mass is 382 g/mol. The lowest BCUT2D eigenvalue weighted by Gasteiger charge is -2.01. The number of amides is 1. The summed E-state index contributed by atoms with van der Waals surface area (Å²) >= 11 is 4.66. The van der Waals surface area contributed by atoms with Crippen LogP contribution in [0, 0.1) is 6.92 Å². The minimum Gasteiger partial charge on any atom is -0.298 e. The van der Waals surface area contributed by atoms with E-state index in [0.29, 0.717) is 10.7 Å². The van der Waals surface area contributed by atoms with E-state index in [1.807, 2.05) is 31.2 Å². The Kier molecular flexibility index (Phi) is 3.30. The number of nitrogens with one attached hydrogen (secondary N) is 1. The maximum absolute atomic E-state index is 12.6. The lowest BCUT2D eigenvalue weighted by molar-refractivity contribution is 0.102. The largest absolute Gasteiger partial charge is 0.298 e. The van der Waals surface area contributed by atoms with Gasteiger partial charge in [0.1, 0.15) is 0 Å². The third-order valence-corrected chi connectivity index (χ3v) is 6.76. The first kappa shape index (κ1) is 14.9. The second-order valence-electron chi connectivity index (χ2n) is 5.50. The number of benzene rings is 2. The highest BCUT2D eigenvalue weighted by molar-refractivity contribution is 7.28. The molecule has 0 aliphatic carbocycles. The summed E-state index contributed by atoms with van der Waals surface area (Å²) in [5, 5.41) is 4.54. The molecule has 0 saturated carbocycles. The van der Waals surface area contributed by atoms with Crippen LogP contribution in [0.2, 0.25) is 0 Å². The maximum atomic E-state index is 12.6. The Balaban J connectivity index is 1.52. The first-order chi connectivity index (χ1) is 12.2. The third kappa shape index (κ3) is 2.50. The number of carbonyl (C=O) groups is 1. The Bertz CT molecular complexity index is 1270. The molecule has 122 valence electrons. The number of carbonyl (C=O) groups excluding carboxylic acids is 1. The van der Waals surface area contributed by atoms with Gasteiger partial charge in [-0.25, -0.2) is 15.0 Å². The summed E-state index contributed by atoms with van der Waals surface area (Å²) in [7, 11) is 0. The van der Waals surface area contributed by atoms with Crippen LogP contribution in [-0.4, -0.2) is 20.9 Å². The number of thiazole rings is 3. The van der Waals surface area contributed by atoms with Crippen LogP contribution in [-0.2, 0) is 0 Å². The van der Waals surface area contributed by atoms with Gasteiger partial charge in [0.25, 0.3) is 5.91 Å². The van der Waals surface area contributed by atoms with Crippen LogP contribution >= 0.6 is 34.0 Å². The van der Waals surface area contributed by atoms with Crippen molar-refractivity contribution in [3.8, 4) is 0 Å². The normalized spacial score (nSPS) is 11.6. The van der Waals surface area contributed by atoms with E-state index in [-0.39, 0.29) is 5.91 Å². The van der Waals surface area contributed by atoms with E-state index < -0.39 is 0 Å². The molecule has 0 bridgehead atoms. The van der Waals surface area contributed by atoms with E-state index >= 15 is 0 Å². The highest BCUT2D eigenvalue weighted by Crippen LogP contribution is 2.35. The molecule has 1 amide bonds. The summed E-state index contributed by atoms with van der Waals surface area (Å²) in [5.74, 6) is -0.161. The zero-order valence-corrected chi connectivity index (χ0v) is 15.4. The van der Waals surface area contributed by atoms with Crippen molar-refractivity contribution in [2.24, 2.45) is 0 Å². The first-order valence-corrected chi connectivity index (χ1v) is 10.00. The van der Waals surface area contributed by atoms with E-state index in [1.165, 1.54) is 22.7 Å². The molecule has 0 radical (unpaired) electrons. The summed E-state index contributed by atoms with van der Waals surface area (Å²) in [5.41, 5.74) is 5.16. The molecule has 3 aromatic heterocycles. The van der Waals surface area contributed by atoms with Crippen molar-refractivity contribution in [1.82, 2.24) is 15.0 Å². The third-order valence-electron chi connectivity index (χ3n) is 3.83. The Labute approximate surface area is 154 Å². The number of nitrogens with zero attached hydrogens (tertiary/aromatic N) is 3. The van der Waals surface area contributed by atoms with Crippen LogP contribution in [0.3, 0.4) is 0 Å². The lowest BCUT2D eigenvalue weighted by atomic mass is 10.2. The van der Waals surface area contributed by atoms with Crippen molar-refractivity contribution in [3.05, 3.63) is 46.4 Å². The summed E-state index contributed by atoms with van der Waals surface area (Å²) in [6.45, 7) is 2.00. The Morgan fingerprint density at radius 2 is 1.76 bits per heavy atom. The average molecular weight is 382 g/mol. The number of hydrogen-bond donors (Lipinski definition) is 1. The van der Waals surface area contributed by atoms with Crippen LogP contribution in [0.1, 0.15) is 15.4 Å². The smallest absolute Gasteiger partial charge is 0.257 e. The Morgan fingerprint density at radius 3 is 2.64 bits per heavy atom. The zero-order chi connectivity index (χ0) is 17.0. The van der Waals surface area contributed by atoms with Gasteiger partial charge in [0.2, 0.25) is 0 Å². The number of fused-ring (bicyclic) bond motifs is 4. The number of anilines is 1. The molecular weight excluding hydrogens is 372 g/mol. The molecule has 0 saturated heterocycles. The maximum Gasteiger partial charge on any atom is 0.257 e. The Morgan fingerprint density at radius 1 is 1.00 bits per heavy atom. The molecule has 5 nitrogen and oxygen atoms in total. The SMILES string of the molecule is Cc1nc2ccc3nc(NC(=O)c4ccc5ncsc5c4)sc3c2s1. The van der Waals surface area contributed by atoms with Gasteiger partial charge in [0, 0.05) is 5.56 Å². The summed E-state index contributed by atoms with van der Waals surface area (Å²) in [6.07, 6.45) is 0. The van der Waals surface area contributed by atoms with Crippen molar-refractivity contribution < 1.29 is 4.79 Å². The zero-order valence-electron chi connectivity index (χ0n) is 12.9. The first-order valence-electron chi connectivity index (χ1n) is 7.49. The van der Waals surface area contributed by atoms with Crippen molar-refractivity contribution in [3.63, 3.8) is 0 Å². The number of hydrogen-bond acceptors (Lipinski definition) is 7. The number of aromatic nitrogens is 3. The van der Waals surface area contributed by atoms with Gasteiger partial charge in [-0.05, 0) is 37.3 Å². The molecule has 0 aliphatic heterocycles. The van der Waals surface area contributed by atoms with Crippen LogP contribution in [0.15, 0.2) is 35.8 Å². The Hall–Kier alpha value is -2.42. The van der Waals surface area contributed by atoms with Crippen molar-refractivity contribution in [2.45, 2.75) is 6.92 Å². The molecule has 5 rings (SSSR count). The van der Waals surface area contributed by atoms with E-state index in [0.717, 1.165) is 35.7 Å². The standard InChI is InChI=1S/C17H10N4OS3/c1-8-19-11-4-5-12-15(14(11)24-8)25-17(20-12)21-16(22)9-2-3-10-13(6-9)23-7-18-10/h2-7H,1H3,(H,20,21,22). The van der Waals surface area contributed by atoms with Gasteiger partial charge in [-0.15, -0.1) is 22.7 Å². The molecule has 2 aromatic carbocycles. The molecule has 8 heteroatoms. The predicted molar refractivity (Wildman–Crippen MR) is 105 cm³/mol. The molecule has 5 aromatic rings. The van der Waals surface area contributed by atoms with Gasteiger partial charge in [0.15, 0.2) is 5.13 Å². The van der Waals surface area contributed by atoms with Gasteiger partial charge >= 0.3 is 0 Å². The van der Waals surface area contributed by atoms with Gasteiger partial charge in [-0.3, -0.25) is 10.1 Å². The highest BCUT2D eigenvalue weighted by Gasteiger charge is 2.14. The molecule has 0 spiro atoms.